The van der Waals surface area contributed by atoms with Crippen molar-refractivity contribution in [1.82, 2.24) is 10.3 Å². The van der Waals surface area contributed by atoms with Gasteiger partial charge >= 0.3 is 0 Å². The first-order valence-electron chi connectivity index (χ1n) is 6.56. The van der Waals surface area contributed by atoms with E-state index in [9.17, 15) is 10.1 Å². The molecule has 20 heavy (non-hydrogen) atoms. The first kappa shape index (κ1) is 14.2. The zero-order chi connectivity index (χ0) is 14.5. The first-order chi connectivity index (χ1) is 9.63. The molecule has 0 aliphatic rings. The molecule has 106 valence electrons. The van der Waals surface area contributed by atoms with Crippen molar-refractivity contribution in [3.05, 3.63) is 46.5 Å². The predicted octanol–water partition coefficient (Wildman–Crippen LogP) is 3.31. The van der Waals surface area contributed by atoms with Crippen LogP contribution >= 0.6 is 0 Å². The largest absolute Gasteiger partial charge is 0.439 e. The maximum Gasteiger partial charge on any atom is 0.280 e. The molecule has 0 bridgehead atoms. The van der Waals surface area contributed by atoms with Crippen molar-refractivity contribution in [2.24, 2.45) is 0 Å². The summed E-state index contributed by atoms with van der Waals surface area (Å²) in [5, 5.41) is 14.3. The highest BCUT2D eigenvalue weighted by molar-refractivity contribution is 5.68. The topological polar surface area (TPSA) is 81.2 Å². The monoisotopic (exact) mass is 275 g/mol. The van der Waals surface area contributed by atoms with Crippen LogP contribution in [0.2, 0.25) is 0 Å². The van der Waals surface area contributed by atoms with E-state index in [0.717, 1.165) is 13.0 Å². The summed E-state index contributed by atoms with van der Waals surface area (Å²) in [5.74, 6) is 0.948. The van der Waals surface area contributed by atoms with Crippen LogP contribution in [-0.2, 0) is 0 Å². The molecule has 0 radical (unpaired) electrons. The number of aromatic nitrogens is 1. The summed E-state index contributed by atoms with van der Waals surface area (Å²) in [4.78, 5) is 14.8. The second kappa shape index (κ2) is 6.29. The van der Waals surface area contributed by atoms with Crippen molar-refractivity contribution in [1.29, 1.82) is 0 Å². The van der Waals surface area contributed by atoms with E-state index in [-0.39, 0.29) is 11.7 Å². The van der Waals surface area contributed by atoms with Gasteiger partial charge in [0.15, 0.2) is 5.76 Å². The quantitative estimate of drug-likeness (QED) is 0.646. The van der Waals surface area contributed by atoms with Gasteiger partial charge in [-0.05, 0) is 26.0 Å². The molecule has 1 atom stereocenters. The number of para-hydroxylation sites is 1. The van der Waals surface area contributed by atoms with Gasteiger partial charge in [0.2, 0.25) is 5.89 Å². The van der Waals surface area contributed by atoms with Gasteiger partial charge in [0.25, 0.3) is 5.69 Å². The molecule has 0 saturated heterocycles. The Kier molecular flexibility index (Phi) is 4.47. The van der Waals surface area contributed by atoms with Crippen LogP contribution in [0.15, 0.2) is 34.9 Å². The third-order valence-corrected chi connectivity index (χ3v) is 2.96. The number of hydrogen-bond acceptors (Lipinski definition) is 5. The third kappa shape index (κ3) is 3.03. The zero-order valence-electron chi connectivity index (χ0n) is 11.5. The average Bonchev–Trinajstić information content (AvgIpc) is 2.94. The van der Waals surface area contributed by atoms with E-state index in [1.54, 1.807) is 18.2 Å². The molecule has 2 rings (SSSR count). The minimum Gasteiger partial charge on any atom is -0.439 e. The van der Waals surface area contributed by atoms with Crippen molar-refractivity contribution >= 4 is 5.69 Å². The Bertz CT molecular complexity index is 595. The molecule has 0 aliphatic heterocycles. The minimum atomic E-state index is -0.420. The van der Waals surface area contributed by atoms with Crippen molar-refractivity contribution in [3.63, 3.8) is 0 Å². The molecular formula is C14H17N3O3. The summed E-state index contributed by atoms with van der Waals surface area (Å²) in [6.07, 6.45) is 2.55. The van der Waals surface area contributed by atoms with Crippen molar-refractivity contribution in [2.45, 2.75) is 26.3 Å². The van der Waals surface area contributed by atoms with Crippen molar-refractivity contribution in [2.75, 3.05) is 6.54 Å². The van der Waals surface area contributed by atoms with Crippen LogP contribution in [0.3, 0.4) is 0 Å². The van der Waals surface area contributed by atoms with Crippen molar-refractivity contribution < 1.29 is 9.34 Å². The number of nitro groups is 1. The van der Waals surface area contributed by atoms with E-state index in [2.05, 4.69) is 17.2 Å². The molecule has 0 saturated carbocycles. The lowest BCUT2D eigenvalue weighted by molar-refractivity contribution is -0.384. The summed E-state index contributed by atoms with van der Waals surface area (Å²) in [7, 11) is 0. The lowest BCUT2D eigenvalue weighted by atomic mass is 10.1. The highest BCUT2D eigenvalue weighted by atomic mass is 16.6. The van der Waals surface area contributed by atoms with E-state index in [4.69, 9.17) is 4.42 Å². The van der Waals surface area contributed by atoms with Gasteiger partial charge in [0.1, 0.15) is 0 Å². The molecule has 1 N–H and O–H groups in total. The second-order valence-corrected chi connectivity index (χ2v) is 4.51. The van der Waals surface area contributed by atoms with Gasteiger partial charge in [-0.3, -0.25) is 10.1 Å². The van der Waals surface area contributed by atoms with Crippen LogP contribution in [-0.4, -0.2) is 16.5 Å². The molecule has 1 aromatic carbocycles. The molecule has 6 heteroatoms. The molecule has 1 heterocycles. The number of benzene rings is 1. The Hall–Kier alpha value is -2.21. The SMILES string of the molecule is CCCNC(C)c1ncc(-c2ccccc2[N+](=O)[O-])o1. The molecule has 0 spiro atoms. The zero-order valence-corrected chi connectivity index (χ0v) is 11.5. The normalized spacial score (nSPS) is 12.3. The number of nitrogens with zero attached hydrogens (tertiary/aromatic N) is 2. The number of hydrogen-bond donors (Lipinski definition) is 1. The van der Waals surface area contributed by atoms with Crippen LogP contribution in [0.1, 0.15) is 32.2 Å². The fourth-order valence-electron chi connectivity index (χ4n) is 1.90. The number of nitrogens with one attached hydrogen (secondary N) is 1. The first-order valence-corrected chi connectivity index (χ1v) is 6.56. The molecule has 1 aromatic heterocycles. The maximum atomic E-state index is 11.0. The second-order valence-electron chi connectivity index (χ2n) is 4.51. The lowest BCUT2D eigenvalue weighted by Gasteiger charge is -2.08. The summed E-state index contributed by atoms with van der Waals surface area (Å²) >= 11 is 0. The van der Waals surface area contributed by atoms with E-state index in [1.807, 2.05) is 6.92 Å². The Morgan fingerprint density at radius 1 is 1.45 bits per heavy atom. The Morgan fingerprint density at radius 3 is 2.90 bits per heavy atom. The highest BCUT2D eigenvalue weighted by Gasteiger charge is 2.19. The Balaban J connectivity index is 2.27. The van der Waals surface area contributed by atoms with E-state index < -0.39 is 4.92 Å². The summed E-state index contributed by atoms with van der Waals surface area (Å²) in [6.45, 7) is 4.89. The van der Waals surface area contributed by atoms with E-state index in [0.29, 0.717) is 17.2 Å². The van der Waals surface area contributed by atoms with Gasteiger partial charge in [0.05, 0.1) is 22.7 Å². The summed E-state index contributed by atoms with van der Waals surface area (Å²) in [6, 6.07) is 6.46. The van der Waals surface area contributed by atoms with Crippen LogP contribution in [0.25, 0.3) is 11.3 Å². The van der Waals surface area contributed by atoms with E-state index >= 15 is 0 Å². The predicted molar refractivity (Wildman–Crippen MR) is 75.3 cm³/mol. The van der Waals surface area contributed by atoms with Gasteiger partial charge in [-0.15, -0.1) is 0 Å². The summed E-state index contributed by atoms with van der Waals surface area (Å²) < 4.78 is 5.64. The Morgan fingerprint density at radius 2 is 2.20 bits per heavy atom. The van der Waals surface area contributed by atoms with Crippen molar-refractivity contribution in [3.8, 4) is 11.3 Å². The van der Waals surface area contributed by atoms with Gasteiger partial charge in [-0.25, -0.2) is 4.98 Å². The van der Waals surface area contributed by atoms with Gasteiger partial charge in [0, 0.05) is 6.07 Å². The fourth-order valence-corrected chi connectivity index (χ4v) is 1.90. The van der Waals surface area contributed by atoms with Crippen LogP contribution in [0.4, 0.5) is 5.69 Å². The third-order valence-electron chi connectivity index (χ3n) is 2.96. The molecule has 0 fully saturated rings. The smallest absolute Gasteiger partial charge is 0.280 e. The van der Waals surface area contributed by atoms with Crippen LogP contribution in [0.5, 0.6) is 0 Å². The lowest BCUT2D eigenvalue weighted by Crippen LogP contribution is -2.19. The van der Waals surface area contributed by atoms with Crippen LogP contribution < -0.4 is 5.32 Å². The number of oxazole rings is 1. The van der Waals surface area contributed by atoms with Gasteiger partial charge < -0.3 is 9.73 Å². The summed E-state index contributed by atoms with van der Waals surface area (Å²) in [5.41, 5.74) is 0.461. The minimum absolute atomic E-state index is 0.0179. The Labute approximate surface area is 117 Å². The molecule has 6 nitrogen and oxygen atoms in total. The average molecular weight is 275 g/mol. The molecule has 0 amide bonds. The number of nitro benzene ring substituents is 1. The maximum absolute atomic E-state index is 11.0. The molecule has 0 aliphatic carbocycles. The van der Waals surface area contributed by atoms with Crippen LogP contribution in [0, 0.1) is 10.1 Å². The van der Waals surface area contributed by atoms with Gasteiger partial charge in [-0.1, -0.05) is 19.1 Å². The fraction of sp³-hybridized carbons (Fsp3) is 0.357. The molecule has 1 unspecified atom stereocenters. The molecule has 2 aromatic rings. The standard InChI is InChI=1S/C14H17N3O3/c1-3-8-15-10(2)14-16-9-13(20-14)11-6-4-5-7-12(11)17(18)19/h4-7,9-10,15H,3,8H2,1-2H3. The highest BCUT2D eigenvalue weighted by Crippen LogP contribution is 2.30. The number of rotatable bonds is 6. The van der Waals surface area contributed by atoms with Gasteiger partial charge in [-0.2, -0.15) is 0 Å². The van der Waals surface area contributed by atoms with E-state index in [1.165, 1.54) is 12.3 Å². The molecular weight excluding hydrogens is 258 g/mol.